The van der Waals surface area contributed by atoms with Gasteiger partial charge in [-0.25, -0.2) is 4.98 Å². The van der Waals surface area contributed by atoms with Gasteiger partial charge in [0, 0.05) is 17.8 Å². The Morgan fingerprint density at radius 3 is 2.35 bits per heavy atom. The SMILES string of the molecule is CN=C(NCc1noc(C(C)(C)C)n1)NCc1nc(C(F)(F)F)cs1.I. The van der Waals surface area contributed by atoms with Crippen molar-refractivity contribution in [3.05, 3.63) is 27.8 Å². The Bertz CT molecular complexity index is 679. The Morgan fingerprint density at radius 1 is 1.19 bits per heavy atom. The summed E-state index contributed by atoms with van der Waals surface area (Å²) >= 11 is 0.933. The first-order valence-corrected chi connectivity index (χ1v) is 8.26. The van der Waals surface area contributed by atoms with Crippen LogP contribution in [0, 0.1) is 0 Å². The van der Waals surface area contributed by atoms with E-state index in [9.17, 15) is 13.2 Å². The van der Waals surface area contributed by atoms with E-state index in [2.05, 4.69) is 30.8 Å². The highest BCUT2D eigenvalue weighted by Gasteiger charge is 2.33. The second-order valence-electron chi connectivity index (χ2n) is 6.17. The quantitative estimate of drug-likeness (QED) is 0.378. The average Bonchev–Trinajstić information content (AvgIpc) is 3.15. The molecule has 0 unspecified atom stereocenters. The maximum Gasteiger partial charge on any atom is 0.434 e. The first-order valence-electron chi connectivity index (χ1n) is 7.39. The maximum absolute atomic E-state index is 12.5. The lowest BCUT2D eigenvalue weighted by Crippen LogP contribution is -2.36. The van der Waals surface area contributed by atoms with E-state index in [1.54, 1.807) is 7.05 Å². The predicted octanol–water partition coefficient (Wildman–Crippen LogP) is 3.33. The molecule has 146 valence electrons. The molecule has 0 fully saturated rings. The van der Waals surface area contributed by atoms with Crippen molar-refractivity contribution in [1.29, 1.82) is 0 Å². The number of aliphatic imine (C=N–C) groups is 1. The van der Waals surface area contributed by atoms with Crippen molar-refractivity contribution in [3.63, 3.8) is 0 Å². The van der Waals surface area contributed by atoms with Crippen molar-refractivity contribution in [1.82, 2.24) is 25.8 Å². The molecule has 2 aromatic heterocycles. The molecule has 0 saturated heterocycles. The molecule has 12 heteroatoms. The summed E-state index contributed by atoms with van der Waals surface area (Å²) in [6.07, 6.45) is -4.43. The van der Waals surface area contributed by atoms with Crippen LogP contribution in [0.2, 0.25) is 0 Å². The number of hydrogen-bond donors (Lipinski definition) is 2. The van der Waals surface area contributed by atoms with Crippen LogP contribution in [-0.4, -0.2) is 28.1 Å². The maximum atomic E-state index is 12.5. The number of aromatic nitrogens is 3. The molecule has 0 bridgehead atoms. The smallest absolute Gasteiger partial charge is 0.350 e. The summed E-state index contributed by atoms with van der Waals surface area (Å²) in [5.41, 5.74) is -1.13. The Labute approximate surface area is 169 Å². The molecule has 7 nitrogen and oxygen atoms in total. The Kier molecular flexibility index (Phi) is 7.80. The molecule has 2 heterocycles. The third-order valence-corrected chi connectivity index (χ3v) is 3.85. The minimum absolute atomic E-state index is 0. The van der Waals surface area contributed by atoms with Gasteiger partial charge in [0.15, 0.2) is 17.5 Å². The standard InChI is InChI=1S/C14H19F3N6OS.HI/c1-13(2,3)11-22-9(23-24-11)5-19-12(18-4)20-6-10-21-8(7-25-10)14(15,16)17;/h7H,5-6H2,1-4H3,(H2,18,19,20);1H. The number of nitrogens with one attached hydrogen (secondary N) is 2. The van der Waals surface area contributed by atoms with Crippen LogP contribution >= 0.6 is 35.3 Å². The van der Waals surface area contributed by atoms with Gasteiger partial charge in [-0.3, -0.25) is 4.99 Å². The van der Waals surface area contributed by atoms with Crippen LogP contribution in [0.25, 0.3) is 0 Å². The zero-order valence-electron chi connectivity index (χ0n) is 14.6. The average molecular weight is 504 g/mol. The molecule has 0 aliphatic heterocycles. The van der Waals surface area contributed by atoms with Gasteiger partial charge in [0.25, 0.3) is 0 Å². The lowest BCUT2D eigenvalue weighted by atomic mass is 9.97. The Hall–Kier alpha value is -1.44. The van der Waals surface area contributed by atoms with Crippen LogP contribution in [0.4, 0.5) is 13.2 Å². The number of guanidine groups is 1. The third-order valence-electron chi connectivity index (χ3n) is 3.00. The lowest BCUT2D eigenvalue weighted by molar-refractivity contribution is -0.140. The molecule has 2 rings (SSSR count). The van der Waals surface area contributed by atoms with Crippen molar-refractivity contribution in [3.8, 4) is 0 Å². The van der Waals surface area contributed by atoms with Crippen LogP contribution in [0.15, 0.2) is 14.9 Å². The molecule has 0 atom stereocenters. The van der Waals surface area contributed by atoms with Gasteiger partial charge in [0.2, 0.25) is 5.89 Å². The van der Waals surface area contributed by atoms with Crippen LogP contribution in [-0.2, 0) is 24.7 Å². The molecule has 0 aromatic carbocycles. The largest absolute Gasteiger partial charge is 0.434 e. The highest BCUT2D eigenvalue weighted by Crippen LogP contribution is 2.29. The van der Waals surface area contributed by atoms with Crippen LogP contribution < -0.4 is 10.6 Å². The highest BCUT2D eigenvalue weighted by atomic mass is 127. The van der Waals surface area contributed by atoms with Crippen LogP contribution in [0.3, 0.4) is 0 Å². The molecule has 26 heavy (non-hydrogen) atoms. The van der Waals surface area contributed by atoms with Gasteiger partial charge < -0.3 is 15.2 Å². The Morgan fingerprint density at radius 2 is 1.85 bits per heavy atom. The van der Waals surface area contributed by atoms with Gasteiger partial charge in [-0.05, 0) is 0 Å². The van der Waals surface area contributed by atoms with E-state index >= 15 is 0 Å². The number of hydrogen-bond acceptors (Lipinski definition) is 6. The summed E-state index contributed by atoms with van der Waals surface area (Å²) in [6, 6.07) is 0. The fourth-order valence-corrected chi connectivity index (χ4v) is 2.44. The molecule has 0 aliphatic rings. The van der Waals surface area contributed by atoms with Gasteiger partial charge in [0.1, 0.15) is 5.01 Å². The van der Waals surface area contributed by atoms with E-state index in [0.29, 0.717) is 22.7 Å². The minimum atomic E-state index is -4.43. The fourth-order valence-electron chi connectivity index (χ4n) is 1.70. The first-order chi connectivity index (χ1) is 11.6. The molecule has 2 N–H and O–H groups in total. The summed E-state index contributed by atoms with van der Waals surface area (Å²) in [5.74, 6) is 1.38. The summed E-state index contributed by atoms with van der Waals surface area (Å²) in [4.78, 5) is 11.8. The molecule has 2 aromatic rings. The monoisotopic (exact) mass is 504 g/mol. The fraction of sp³-hybridized carbons (Fsp3) is 0.571. The van der Waals surface area contributed by atoms with Crippen molar-refractivity contribution < 1.29 is 17.7 Å². The molecule has 0 amide bonds. The summed E-state index contributed by atoms with van der Waals surface area (Å²) < 4.78 is 42.8. The predicted molar refractivity (Wildman–Crippen MR) is 103 cm³/mol. The second-order valence-corrected chi connectivity index (χ2v) is 7.11. The molecule has 0 saturated carbocycles. The van der Waals surface area contributed by atoms with E-state index in [1.807, 2.05) is 20.8 Å². The summed E-state index contributed by atoms with van der Waals surface area (Å²) in [6.45, 7) is 6.27. The van der Waals surface area contributed by atoms with Crippen molar-refractivity contribution in [2.75, 3.05) is 7.05 Å². The lowest BCUT2D eigenvalue weighted by Gasteiger charge is -2.10. The summed E-state index contributed by atoms with van der Waals surface area (Å²) in [5, 5.41) is 11.0. The van der Waals surface area contributed by atoms with Gasteiger partial charge in [-0.2, -0.15) is 18.2 Å². The van der Waals surface area contributed by atoms with Gasteiger partial charge >= 0.3 is 6.18 Å². The molecular formula is C14H20F3IN6OS. The van der Waals surface area contributed by atoms with E-state index < -0.39 is 11.9 Å². The van der Waals surface area contributed by atoms with Crippen molar-refractivity contribution in [2.24, 2.45) is 4.99 Å². The number of thiazole rings is 1. The molecule has 0 spiro atoms. The molecule has 0 radical (unpaired) electrons. The second kappa shape index (κ2) is 8.97. The van der Waals surface area contributed by atoms with Gasteiger partial charge in [-0.1, -0.05) is 25.9 Å². The highest BCUT2D eigenvalue weighted by molar-refractivity contribution is 14.0. The number of alkyl halides is 3. The van der Waals surface area contributed by atoms with Crippen LogP contribution in [0.1, 0.15) is 43.2 Å². The van der Waals surface area contributed by atoms with Gasteiger partial charge in [-0.15, -0.1) is 35.3 Å². The van der Waals surface area contributed by atoms with E-state index in [-0.39, 0.29) is 42.5 Å². The summed E-state index contributed by atoms with van der Waals surface area (Å²) in [7, 11) is 1.55. The number of rotatable bonds is 4. The third kappa shape index (κ3) is 6.37. The number of nitrogens with zero attached hydrogens (tertiary/aromatic N) is 4. The zero-order valence-corrected chi connectivity index (χ0v) is 17.8. The normalized spacial score (nSPS) is 12.7. The Balaban J connectivity index is 0.00000338. The molecular weight excluding hydrogens is 484 g/mol. The topological polar surface area (TPSA) is 88.2 Å². The van der Waals surface area contributed by atoms with Gasteiger partial charge in [0.05, 0.1) is 13.1 Å². The van der Waals surface area contributed by atoms with Crippen LogP contribution in [0.5, 0.6) is 0 Å². The van der Waals surface area contributed by atoms with E-state index in [1.165, 1.54) is 0 Å². The number of halogens is 4. The van der Waals surface area contributed by atoms with E-state index in [0.717, 1.165) is 16.7 Å². The van der Waals surface area contributed by atoms with Crippen molar-refractivity contribution >= 4 is 41.3 Å². The van der Waals surface area contributed by atoms with Crippen molar-refractivity contribution in [2.45, 2.75) is 45.5 Å². The molecule has 0 aliphatic carbocycles. The zero-order chi connectivity index (χ0) is 18.7. The minimum Gasteiger partial charge on any atom is -0.350 e. The van der Waals surface area contributed by atoms with E-state index in [4.69, 9.17) is 4.52 Å². The first kappa shape index (κ1) is 22.6.